The number of carbonyl (C=O) groups is 2. The third-order valence-corrected chi connectivity index (χ3v) is 11.5. The van der Waals surface area contributed by atoms with E-state index in [-0.39, 0.29) is 13.2 Å². The Balaban J connectivity index is 1.46. The van der Waals surface area contributed by atoms with Crippen LogP contribution in [0.25, 0.3) is 90.9 Å². The maximum atomic E-state index is 12.8. The molecule has 0 spiro atoms. The topological polar surface area (TPSA) is 147 Å². The highest BCUT2D eigenvalue weighted by molar-refractivity contribution is 6.02. The summed E-state index contributed by atoms with van der Waals surface area (Å²) in [6.45, 7) is 4.09. The van der Waals surface area contributed by atoms with Crippen LogP contribution in [0.4, 0.5) is 0 Å². The zero-order valence-corrected chi connectivity index (χ0v) is 37.3. The number of aromatic nitrogens is 4. The third-order valence-electron chi connectivity index (χ3n) is 11.5. The second-order valence-corrected chi connectivity index (χ2v) is 15.2. The van der Waals surface area contributed by atoms with Crippen molar-refractivity contribution in [3.05, 3.63) is 143 Å². The van der Waals surface area contributed by atoms with E-state index in [1.807, 2.05) is 109 Å². The minimum Gasteiger partial charge on any atom is -0.496 e. The van der Waals surface area contributed by atoms with E-state index in [1.165, 1.54) is 0 Å². The molecule has 2 aliphatic rings. The number of esters is 2. The number of rotatable bonds is 12. The lowest BCUT2D eigenvalue weighted by molar-refractivity contribution is 0.0517. The number of methoxy groups -OCH3 is 4. The molecule has 4 aromatic carbocycles. The van der Waals surface area contributed by atoms with E-state index < -0.39 is 11.9 Å². The lowest BCUT2D eigenvalue weighted by atomic mass is 10.0. The molecule has 5 heterocycles. The Labute approximate surface area is 381 Å². The Bertz CT molecular complexity index is 2990. The monoisotopic (exact) mass is 878 g/mol. The van der Waals surface area contributed by atoms with Crippen LogP contribution in [0.5, 0.6) is 23.0 Å². The van der Waals surface area contributed by atoms with Crippen molar-refractivity contribution < 1.29 is 38.0 Å². The summed E-state index contributed by atoms with van der Waals surface area (Å²) in [6, 6.07) is 34.0. The molecule has 7 aromatic rings. The number of hydrogen-bond acceptors (Lipinski definition) is 10. The van der Waals surface area contributed by atoms with Gasteiger partial charge in [-0.1, -0.05) is 36.4 Å². The number of fused-ring (bicyclic) bond motifs is 8. The number of ether oxygens (including phenoxy) is 6. The van der Waals surface area contributed by atoms with Gasteiger partial charge in [-0.05, 0) is 122 Å². The smallest absolute Gasteiger partial charge is 0.338 e. The van der Waals surface area contributed by atoms with Gasteiger partial charge in [-0.15, -0.1) is 0 Å². The molecular formula is C54H46N4O8. The maximum absolute atomic E-state index is 12.8. The van der Waals surface area contributed by atoms with Crippen molar-refractivity contribution in [2.75, 3.05) is 41.7 Å². The van der Waals surface area contributed by atoms with Gasteiger partial charge in [-0.25, -0.2) is 19.6 Å². The Hall–Kier alpha value is -8.38. The standard InChI is InChI=1S/C54H46N4O8/c1-7-65-53(59)33-19-15-31(16-20-33)47-35-23-27-39(55-35)49(51-43(61-3)11-9-12-44(51)62-4)41-29-25-37(57-41)48(32-17-21-34(22-18-32)54(60)66-8-2)38-26-30-42(58-38)50(40-28-24-36(47)56-40)52-45(63-5)13-10-14-46(52)64-6/h9-30,55,58H,7-8H2,1-6H3. The largest absolute Gasteiger partial charge is 0.496 e. The van der Waals surface area contributed by atoms with Gasteiger partial charge in [0.1, 0.15) is 23.0 Å². The van der Waals surface area contributed by atoms with Crippen molar-refractivity contribution in [3.63, 3.8) is 0 Å². The first-order valence-corrected chi connectivity index (χ1v) is 21.4. The molecule has 0 aliphatic carbocycles. The van der Waals surface area contributed by atoms with Crippen molar-refractivity contribution in [1.29, 1.82) is 0 Å². The van der Waals surface area contributed by atoms with E-state index in [9.17, 15) is 9.59 Å². The van der Waals surface area contributed by atoms with Crippen LogP contribution < -0.4 is 18.9 Å². The number of hydrogen-bond donors (Lipinski definition) is 2. The Morgan fingerprint density at radius 3 is 1.02 bits per heavy atom. The van der Waals surface area contributed by atoms with Gasteiger partial charge in [0, 0.05) is 44.3 Å². The fraction of sp³-hybridized carbons (Fsp3) is 0.148. The van der Waals surface area contributed by atoms with Crippen molar-refractivity contribution in [1.82, 2.24) is 19.9 Å². The summed E-state index contributed by atoms with van der Waals surface area (Å²) >= 11 is 0. The fourth-order valence-corrected chi connectivity index (χ4v) is 8.51. The molecule has 3 aromatic heterocycles. The average molecular weight is 879 g/mol. The summed E-state index contributed by atoms with van der Waals surface area (Å²) in [6.07, 6.45) is 7.92. The average Bonchev–Trinajstić information content (AvgIpc) is 4.21. The molecule has 66 heavy (non-hydrogen) atoms. The van der Waals surface area contributed by atoms with Crippen LogP contribution in [0.15, 0.2) is 109 Å². The van der Waals surface area contributed by atoms with Gasteiger partial charge in [-0.2, -0.15) is 0 Å². The van der Waals surface area contributed by atoms with Gasteiger partial charge in [0.15, 0.2) is 0 Å². The van der Waals surface area contributed by atoms with Crippen molar-refractivity contribution in [2.24, 2.45) is 0 Å². The molecule has 0 saturated heterocycles. The van der Waals surface area contributed by atoms with Crippen molar-refractivity contribution in [2.45, 2.75) is 13.8 Å². The summed E-state index contributed by atoms with van der Waals surface area (Å²) in [4.78, 5) is 43.9. The first-order valence-electron chi connectivity index (χ1n) is 21.4. The normalized spacial score (nSPS) is 11.6. The van der Waals surface area contributed by atoms with Crippen LogP contribution in [-0.4, -0.2) is 73.5 Å². The van der Waals surface area contributed by atoms with Crippen LogP contribution in [-0.2, 0) is 9.47 Å². The highest BCUT2D eigenvalue weighted by Crippen LogP contribution is 2.46. The third kappa shape index (κ3) is 7.83. The van der Waals surface area contributed by atoms with Crippen molar-refractivity contribution >= 4 is 58.3 Å². The van der Waals surface area contributed by atoms with Gasteiger partial charge in [0.05, 0.1) is 86.7 Å². The predicted octanol–water partition coefficient (Wildman–Crippen LogP) is 11.7. The van der Waals surface area contributed by atoms with Gasteiger partial charge < -0.3 is 38.4 Å². The minimum atomic E-state index is -0.404. The Morgan fingerprint density at radius 1 is 0.409 bits per heavy atom. The maximum Gasteiger partial charge on any atom is 0.338 e. The van der Waals surface area contributed by atoms with Gasteiger partial charge in [0.25, 0.3) is 0 Å². The zero-order chi connectivity index (χ0) is 45.9. The molecule has 0 amide bonds. The summed E-state index contributed by atoms with van der Waals surface area (Å²) in [7, 11) is 6.51. The van der Waals surface area contributed by atoms with E-state index in [1.54, 1.807) is 66.6 Å². The highest BCUT2D eigenvalue weighted by Gasteiger charge is 2.24. The molecule has 330 valence electrons. The summed E-state index contributed by atoms with van der Waals surface area (Å²) in [5, 5.41) is 0. The molecule has 9 rings (SSSR count). The molecule has 12 nitrogen and oxygen atoms in total. The SMILES string of the molecule is CCOC(=O)c1ccc(-c2c3nc(c(-c4c(OC)cccc4OC)c4ccc([nH]4)c(-c4ccc(C(=O)OCC)cc4)c4nc(c(-c5c(OC)cccc5OC)c5ccc2[nH]5)C=C4)C=C3)cc1. The Morgan fingerprint density at radius 2 is 0.712 bits per heavy atom. The van der Waals surface area contributed by atoms with E-state index in [4.69, 9.17) is 38.4 Å². The summed E-state index contributed by atoms with van der Waals surface area (Å²) in [5.74, 6) is 1.54. The first-order chi connectivity index (χ1) is 32.3. The van der Waals surface area contributed by atoms with E-state index in [0.29, 0.717) is 68.0 Å². The summed E-state index contributed by atoms with van der Waals surface area (Å²) in [5.41, 5.74) is 12.4. The molecule has 2 N–H and O–H groups in total. The highest BCUT2D eigenvalue weighted by atomic mass is 16.5. The van der Waals surface area contributed by atoms with Crippen LogP contribution >= 0.6 is 0 Å². The summed E-state index contributed by atoms with van der Waals surface area (Å²) < 4.78 is 34.7. The zero-order valence-electron chi connectivity index (χ0n) is 37.3. The fourth-order valence-electron chi connectivity index (χ4n) is 8.51. The quantitative estimate of drug-likeness (QED) is 0.114. The molecule has 0 atom stereocenters. The predicted molar refractivity (Wildman–Crippen MR) is 259 cm³/mol. The molecule has 12 heteroatoms. The van der Waals surface area contributed by atoms with Gasteiger partial charge in [0.2, 0.25) is 0 Å². The second-order valence-electron chi connectivity index (χ2n) is 15.2. The van der Waals surface area contributed by atoms with Crippen LogP contribution in [0.2, 0.25) is 0 Å². The van der Waals surface area contributed by atoms with Crippen LogP contribution in [0.3, 0.4) is 0 Å². The number of H-pyrrole nitrogens is 2. The molecule has 0 fully saturated rings. The van der Waals surface area contributed by atoms with E-state index in [0.717, 1.165) is 55.4 Å². The number of benzene rings is 4. The van der Waals surface area contributed by atoms with E-state index in [2.05, 4.69) is 9.97 Å². The van der Waals surface area contributed by atoms with Gasteiger partial charge >= 0.3 is 11.9 Å². The molecule has 0 radical (unpaired) electrons. The first kappa shape index (κ1) is 42.9. The second kappa shape index (κ2) is 18.4. The van der Waals surface area contributed by atoms with E-state index >= 15 is 0 Å². The molecular weight excluding hydrogens is 833 g/mol. The lowest BCUT2D eigenvalue weighted by Crippen LogP contribution is -2.04. The molecule has 2 aliphatic heterocycles. The number of nitrogens with one attached hydrogen (secondary N) is 2. The number of aromatic amines is 2. The molecule has 8 bridgehead atoms. The molecule has 0 saturated carbocycles. The van der Waals surface area contributed by atoms with Gasteiger partial charge in [-0.3, -0.25) is 0 Å². The van der Waals surface area contributed by atoms with Crippen molar-refractivity contribution in [3.8, 4) is 67.5 Å². The minimum absolute atomic E-state index is 0.265. The molecule has 0 unspecified atom stereocenters. The number of carbonyl (C=O) groups excluding carboxylic acids is 2. The number of nitrogens with zero attached hydrogens (tertiary/aromatic N) is 2. The van der Waals surface area contributed by atoms with Crippen LogP contribution in [0.1, 0.15) is 57.3 Å². The lowest BCUT2D eigenvalue weighted by Gasteiger charge is -2.14. The van der Waals surface area contributed by atoms with Crippen LogP contribution in [0, 0.1) is 0 Å². The Kier molecular flexibility index (Phi) is 11.9.